The minimum Gasteiger partial charge on any atom is -0.478 e. The summed E-state index contributed by atoms with van der Waals surface area (Å²) in [7, 11) is 0. The lowest BCUT2D eigenvalue weighted by atomic mass is 10.0. The van der Waals surface area contributed by atoms with E-state index in [1.54, 1.807) is 35.0 Å². The maximum Gasteiger partial charge on any atom is 0.338 e. The lowest BCUT2D eigenvalue weighted by Gasteiger charge is -2.15. The second-order valence-electron chi connectivity index (χ2n) is 8.60. The first kappa shape index (κ1) is 22.8. The Bertz CT molecular complexity index is 1730. The van der Waals surface area contributed by atoms with Crippen LogP contribution in [0.5, 0.6) is 0 Å². The fraction of sp³-hybridized carbons (Fsp3) is 0.120. The number of carbonyl (C=O) groups is 1. The molecule has 0 spiro atoms. The van der Waals surface area contributed by atoms with Crippen LogP contribution in [0, 0.1) is 5.82 Å². The third-order valence-electron chi connectivity index (χ3n) is 6.42. The van der Waals surface area contributed by atoms with E-state index in [1.807, 2.05) is 6.07 Å². The third kappa shape index (κ3) is 3.99. The van der Waals surface area contributed by atoms with Gasteiger partial charge in [0.15, 0.2) is 0 Å². The van der Waals surface area contributed by atoms with Gasteiger partial charge in [-0.1, -0.05) is 11.6 Å². The zero-order valence-electron chi connectivity index (χ0n) is 19.0. The number of fused-ring (bicyclic) bond motifs is 1. The fourth-order valence-corrected chi connectivity index (χ4v) is 4.90. The molecule has 5 aromatic rings. The lowest BCUT2D eigenvalue weighted by Crippen LogP contribution is -2.23. The molecule has 2 aromatic carbocycles. The number of aryl methyl sites for hydroxylation is 1. The van der Waals surface area contributed by atoms with Gasteiger partial charge in [0.05, 0.1) is 29.2 Å². The summed E-state index contributed by atoms with van der Waals surface area (Å²) in [6, 6.07) is 12.3. The number of nitrogens with zero attached hydrogens (tertiary/aromatic N) is 6. The van der Waals surface area contributed by atoms with Gasteiger partial charge in [0.25, 0.3) is 5.56 Å². The van der Waals surface area contributed by atoms with Crippen molar-refractivity contribution in [1.29, 1.82) is 0 Å². The van der Waals surface area contributed by atoms with Crippen LogP contribution < -0.4 is 5.56 Å². The van der Waals surface area contributed by atoms with E-state index in [-0.39, 0.29) is 11.6 Å². The summed E-state index contributed by atoms with van der Waals surface area (Å²) in [4.78, 5) is 32.3. The first-order valence-corrected chi connectivity index (χ1v) is 11.6. The molecule has 1 atom stereocenters. The van der Waals surface area contributed by atoms with Crippen LogP contribution in [0.2, 0.25) is 5.02 Å². The number of hydrogen-bond acceptors (Lipinski definition) is 6. The van der Waals surface area contributed by atoms with Crippen LogP contribution >= 0.6 is 11.6 Å². The van der Waals surface area contributed by atoms with E-state index in [0.717, 1.165) is 17.3 Å². The molecule has 0 saturated heterocycles. The lowest BCUT2D eigenvalue weighted by molar-refractivity contribution is 0.0692. The highest BCUT2D eigenvalue weighted by Gasteiger charge is 2.28. The molecule has 0 amide bonds. The van der Waals surface area contributed by atoms with Gasteiger partial charge in [0.2, 0.25) is 0 Å². The number of benzene rings is 2. The zero-order valence-corrected chi connectivity index (χ0v) is 19.7. The summed E-state index contributed by atoms with van der Waals surface area (Å²) >= 11 is 6.27. The van der Waals surface area contributed by atoms with Crippen LogP contribution in [-0.2, 0) is 6.42 Å². The van der Waals surface area contributed by atoms with Crippen molar-refractivity contribution < 1.29 is 14.3 Å². The highest BCUT2D eigenvalue weighted by molar-refractivity contribution is 6.31. The number of pyridine rings is 1. The highest BCUT2D eigenvalue weighted by atomic mass is 35.5. The van der Waals surface area contributed by atoms with Crippen molar-refractivity contribution in [3.05, 3.63) is 99.3 Å². The van der Waals surface area contributed by atoms with Gasteiger partial charge in [-0.05, 0) is 71.3 Å². The Morgan fingerprint density at radius 2 is 2.00 bits per heavy atom. The van der Waals surface area contributed by atoms with Crippen LogP contribution in [0.25, 0.3) is 28.1 Å². The first-order valence-electron chi connectivity index (χ1n) is 11.3. The average molecular weight is 518 g/mol. The predicted molar refractivity (Wildman–Crippen MR) is 131 cm³/mol. The number of imidazole rings is 1. The molecule has 0 aliphatic carbocycles. The number of H-pyrrole nitrogens is 1. The van der Waals surface area contributed by atoms with Crippen LogP contribution in [0.3, 0.4) is 0 Å². The fourth-order valence-electron chi connectivity index (χ4n) is 4.73. The molecule has 0 radical (unpaired) electrons. The van der Waals surface area contributed by atoms with E-state index in [0.29, 0.717) is 46.2 Å². The van der Waals surface area contributed by atoms with E-state index in [2.05, 4.69) is 25.5 Å². The average Bonchev–Trinajstić information content (AvgIpc) is 3.64. The SMILES string of the molecule is O=C(O)c1cc(-c2cnc([C@@H]3CCc4cc(-c5cc(Cl)ccc5-n5cnnn5)cc(=O)n43)[nH]2)ccc1F. The Kier molecular flexibility index (Phi) is 5.41. The number of aromatic amines is 1. The normalized spacial score (nSPS) is 14.6. The van der Waals surface area contributed by atoms with Gasteiger partial charge < -0.3 is 14.7 Å². The maximum atomic E-state index is 13.8. The minimum atomic E-state index is -1.35. The van der Waals surface area contributed by atoms with Crippen molar-refractivity contribution >= 4 is 17.6 Å². The molecule has 184 valence electrons. The monoisotopic (exact) mass is 517 g/mol. The molecule has 1 aliphatic rings. The summed E-state index contributed by atoms with van der Waals surface area (Å²) in [5.41, 5.74) is 3.31. The smallest absolute Gasteiger partial charge is 0.338 e. The molecule has 37 heavy (non-hydrogen) atoms. The maximum absolute atomic E-state index is 13.8. The largest absolute Gasteiger partial charge is 0.478 e. The molecule has 6 rings (SSSR count). The number of aromatic nitrogens is 7. The quantitative estimate of drug-likeness (QED) is 0.361. The first-order chi connectivity index (χ1) is 17.9. The Balaban J connectivity index is 1.37. The molecule has 3 aromatic heterocycles. The topological polar surface area (TPSA) is 132 Å². The molecule has 10 nitrogen and oxygen atoms in total. The van der Waals surface area contributed by atoms with Gasteiger partial charge in [-0.3, -0.25) is 4.79 Å². The number of aromatic carboxylic acids is 1. The number of halogens is 2. The number of carboxylic acid groups (broad SMARTS) is 1. The number of hydrogen-bond donors (Lipinski definition) is 2. The highest BCUT2D eigenvalue weighted by Crippen LogP contribution is 2.34. The van der Waals surface area contributed by atoms with E-state index < -0.39 is 17.3 Å². The van der Waals surface area contributed by atoms with Crippen molar-refractivity contribution in [3.8, 4) is 28.1 Å². The molecule has 1 aliphatic heterocycles. The van der Waals surface area contributed by atoms with Crippen LogP contribution in [0.1, 0.15) is 34.3 Å². The summed E-state index contributed by atoms with van der Waals surface area (Å²) in [6.07, 6.45) is 4.31. The number of rotatable bonds is 5. The molecule has 0 fully saturated rings. The third-order valence-corrected chi connectivity index (χ3v) is 6.65. The summed E-state index contributed by atoms with van der Waals surface area (Å²) in [5, 5.41) is 21.1. The molecular formula is C25H17ClFN7O3. The molecule has 0 saturated carbocycles. The van der Waals surface area contributed by atoms with Crippen molar-refractivity contribution in [2.45, 2.75) is 18.9 Å². The van der Waals surface area contributed by atoms with E-state index in [1.165, 1.54) is 23.1 Å². The second-order valence-corrected chi connectivity index (χ2v) is 9.03. The van der Waals surface area contributed by atoms with E-state index in [4.69, 9.17) is 11.6 Å². The van der Waals surface area contributed by atoms with Crippen LogP contribution in [0.4, 0.5) is 4.39 Å². The van der Waals surface area contributed by atoms with Crippen molar-refractivity contribution in [2.75, 3.05) is 0 Å². The number of tetrazole rings is 1. The standard InChI is InChI=1S/C25H17ClFN7O3/c26-15-2-5-21(33-12-29-31-32-33)17(10-15)14-7-16-3-6-22(34(16)23(35)9-14)24-28-11-20(30-24)13-1-4-19(27)18(8-13)25(36)37/h1-2,4-5,7-12,22H,3,6H2,(H,28,30)(H,36,37)/t22-/m0/s1. The van der Waals surface area contributed by atoms with Gasteiger partial charge in [0, 0.05) is 27.9 Å². The van der Waals surface area contributed by atoms with Crippen molar-refractivity contribution in [1.82, 2.24) is 34.7 Å². The Morgan fingerprint density at radius 3 is 2.78 bits per heavy atom. The van der Waals surface area contributed by atoms with Gasteiger partial charge >= 0.3 is 5.97 Å². The minimum absolute atomic E-state index is 0.203. The predicted octanol–water partition coefficient (Wildman–Crippen LogP) is 3.91. The molecule has 12 heteroatoms. The van der Waals surface area contributed by atoms with Gasteiger partial charge in [0.1, 0.15) is 18.0 Å². The van der Waals surface area contributed by atoms with Crippen molar-refractivity contribution in [2.24, 2.45) is 0 Å². The molecular weight excluding hydrogens is 501 g/mol. The molecule has 0 unspecified atom stereocenters. The van der Waals surface area contributed by atoms with Gasteiger partial charge in [-0.2, -0.15) is 4.68 Å². The number of nitrogens with one attached hydrogen (secondary N) is 1. The van der Waals surface area contributed by atoms with E-state index >= 15 is 0 Å². The Labute approximate surface area is 213 Å². The molecule has 2 N–H and O–H groups in total. The van der Waals surface area contributed by atoms with Gasteiger partial charge in [-0.15, -0.1) is 5.10 Å². The molecule has 4 heterocycles. The summed E-state index contributed by atoms with van der Waals surface area (Å²) in [6.45, 7) is 0. The van der Waals surface area contributed by atoms with Crippen molar-refractivity contribution in [3.63, 3.8) is 0 Å². The van der Waals surface area contributed by atoms with E-state index in [9.17, 15) is 19.1 Å². The van der Waals surface area contributed by atoms with Crippen LogP contribution in [0.15, 0.2) is 65.8 Å². The van der Waals surface area contributed by atoms with Gasteiger partial charge in [-0.25, -0.2) is 14.2 Å². The van der Waals surface area contributed by atoms with Crippen LogP contribution in [-0.4, -0.2) is 45.8 Å². The molecule has 0 bridgehead atoms. The summed E-state index contributed by atoms with van der Waals surface area (Å²) < 4.78 is 17.0. The Hall–Kier alpha value is -4.64. The Morgan fingerprint density at radius 1 is 1.14 bits per heavy atom. The zero-order chi connectivity index (χ0) is 25.7. The summed E-state index contributed by atoms with van der Waals surface area (Å²) in [5.74, 6) is -1.61. The second kappa shape index (κ2) is 8.79. The number of carboxylic acids is 1.